The minimum absolute atomic E-state index is 0.00885. The number of fused-ring (bicyclic) bond motifs is 1. The van der Waals surface area contributed by atoms with Gasteiger partial charge in [0.05, 0.1) is 16.5 Å². The summed E-state index contributed by atoms with van der Waals surface area (Å²) >= 11 is 0. The van der Waals surface area contributed by atoms with Gasteiger partial charge in [-0.3, -0.25) is 4.79 Å². The van der Waals surface area contributed by atoms with Crippen molar-refractivity contribution in [2.45, 2.75) is 38.5 Å². The quantitative estimate of drug-likeness (QED) is 0.446. The summed E-state index contributed by atoms with van der Waals surface area (Å²) in [5, 5.41) is 13.2. The zero-order valence-corrected chi connectivity index (χ0v) is 16.1. The van der Waals surface area contributed by atoms with Crippen molar-refractivity contribution in [2.75, 3.05) is 5.32 Å². The normalized spacial score (nSPS) is 19.3. The third-order valence-electron chi connectivity index (χ3n) is 5.41. The SMILES string of the molecule is Cc1c(=O)n([C@@H]2C[C@H]2C(F)F)cc2c(N[C@H](O)c3cccc(C(F)F)c3F)ncnc12. The maximum absolute atomic E-state index is 14.4. The van der Waals surface area contributed by atoms with Crippen LogP contribution in [0.1, 0.15) is 41.8 Å². The Kier molecular flexibility index (Phi) is 5.38. The van der Waals surface area contributed by atoms with Crippen LogP contribution in [0.4, 0.5) is 27.8 Å². The van der Waals surface area contributed by atoms with Gasteiger partial charge in [-0.25, -0.2) is 31.9 Å². The molecule has 2 N–H and O–H groups in total. The minimum atomic E-state index is -3.06. The van der Waals surface area contributed by atoms with E-state index in [1.807, 2.05) is 0 Å². The molecule has 0 spiro atoms. The number of rotatable bonds is 6. The predicted octanol–water partition coefficient (Wildman–Crippen LogP) is 4.11. The fourth-order valence-corrected chi connectivity index (χ4v) is 3.62. The molecule has 0 unspecified atom stereocenters. The Labute approximate surface area is 172 Å². The Hall–Kier alpha value is -3.08. The summed E-state index contributed by atoms with van der Waals surface area (Å²) in [5.41, 5.74) is -1.33. The van der Waals surface area contributed by atoms with Crippen LogP contribution >= 0.6 is 0 Å². The van der Waals surface area contributed by atoms with Gasteiger partial charge in [0.1, 0.15) is 18.0 Å². The molecule has 0 saturated heterocycles. The first kappa shape index (κ1) is 21.2. The van der Waals surface area contributed by atoms with Crippen molar-refractivity contribution in [3.63, 3.8) is 0 Å². The number of aliphatic hydroxyl groups excluding tert-OH is 1. The number of pyridine rings is 1. The molecule has 1 aliphatic carbocycles. The molecule has 1 saturated carbocycles. The summed E-state index contributed by atoms with van der Waals surface area (Å²) in [5.74, 6) is -2.21. The van der Waals surface area contributed by atoms with Crippen LogP contribution in [0, 0.1) is 18.7 Å². The molecule has 3 atom stereocenters. The van der Waals surface area contributed by atoms with Crippen molar-refractivity contribution in [3.05, 3.63) is 63.6 Å². The molecule has 164 valence electrons. The number of nitrogens with one attached hydrogen (secondary N) is 1. The van der Waals surface area contributed by atoms with E-state index in [-0.39, 0.29) is 28.7 Å². The highest BCUT2D eigenvalue weighted by atomic mass is 19.3. The van der Waals surface area contributed by atoms with Crippen LogP contribution in [0.5, 0.6) is 0 Å². The largest absolute Gasteiger partial charge is 0.369 e. The second-order valence-corrected chi connectivity index (χ2v) is 7.35. The molecule has 2 heterocycles. The van der Waals surface area contributed by atoms with E-state index in [2.05, 4.69) is 15.3 Å². The number of hydrogen-bond donors (Lipinski definition) is 2. The van der Waals surface area contributed by atoms with Gasteiger partial charge in [-0.1, -0.05) is 18.2 Å². The Bertz CT molecular complexity index is 1200. The molecule has 4 rings (SSSR count). The molecule has 1 aromatic carbocycles. The van der Waals surface area contributed by atoms with Crippen LogP contribution in [-0.4, -0.2) is 26.1 Å². The molecule has 11 heteroatoms. The van der Waals surface area contributed by atoms with Crippen LogP contribution in [0.3, 0.4) is 0 Å². The zero-order valence-electron chi connectivity index (χ0n) is 16.1. The van der Waals surface area contributed by atoms with Crippen molar-refractivity contribution >= 4 is 16.7 Å². The van der Waals surface area contributed by atoms with Gasteiger partial charge in [0, 0.05) is 29.3 Å². The lowest BCUT2D eigenvalue weighted by Crippen LogP contribution is -2.23. The van der Waals surface area contributed by atoms with E-state index in [4.69, 9.17) is 0 Å². The first-order chi connectivity index (χ1) is 14.7. The molecule has 1 fully saturated rings. The fraction of sp³-hybridized carbons (Fsp3) is 0.350. The van der Waals surface area contributed by atoms with Crippen LogP contribution in [-0.2, 0) is 0 Å². The molecular weight excluding hydrogens is 423 g/mol. The molecule has 6 nitrogen and oxygen atoms in total. The number of anilines is 1. The van der Waals surface area contributed by atoms with Gasteiger partial charge in [-0.15, -0.1) is 0 Å². The molecule has 0 aliphatic heterocycles. The van der Waals surface area contributed by atoms with Crippen molar-refractivity contribution in [1.29, 1.82) is 0 Å². The molecule has 2 aromatic heterocycles. The highest BCUT2D eigenvalue weighted by Crippen LogP contribution is 2.47. The lowest BCUT2D eigenvalue weighted by atomic mass is 10.1. The lowest BCUT2D eigenvalue weighted by Gasteiger charge is -2.18. The second kappa shape index (κ2) is 7.88. The van der Waals surface area contributed by atoms with Crippen LogP contribution in [0.2, 0.25) is 0 Å². The molecule has 31 heavy (non-hydrogen) atoms. The average Bonchev–Trinajstić information content (AvgIpc) is 3.52. The van der Waals surface area contributed by atoms with Crippen molar-refractivity contribution < 1.29 is 27.1 Å². The summed E-state index contributed by atoms with van der Waals surface area (Å²) in [6.07, 6.45) is -4.80. The van der Waals surface area contributed by atoms with Crippen LogP contribution < -0.4 is 10.9 Å². The van der Waals surface area contributed by atoms with Crippen molar-refractivity contribution in [1.82, 2.24) is 14.5 Å². The first-order valence-electron chi connectivity index (χ1n) is 9.36. The Morgan fingerprint density at radius 1 is 1.19 bits per heavy atom. The van der Waals surface area contributed by atoms with Gasteiger partial charge in [0.15, 0.2) is 6.23 Å². The van der Waals surface area contributed by atoms with Crippen LogP contribution in [0.25, 0.3) is 10.9 Å². The van der Waals surface area contributed by atoms with Gasteiger partial charge in [-0.05, 0) is 13.3 Å². The van der Waals surface area contributed by atoms with E-state index < -0.39 is 53.5 Å². The lowest BCUT2D eigenvalue weighted by molar-refractivity contribution is 0.116. The number of nitrogens with zero attached hydrogens (tertiary/aromatic N) is 3. The number of benzene rings is 1. The first-order valence-corrected chi connectivity index (χ1v) is 9.36. The van der Waals surface area contributed by atoms with E-state index in [9.17, 15) is 31.9 Å². The topological polar surface area (TPSA) is 80.0 Å². The summed E-state index contributed by atoms with van der Waals surface area (Å²) in [7, 11) is 0. The number of aliphatic hydroxyl groups is 1. The number of aromatic nitrogens is 3. The van der Waals surface area contributed by atoms with Gasteiger partial charge >= 0.3 is 0 Å². The number of alkyl halides is 4. The molecule has 0 bridgehead atoms. The fourth-order valence-electron chi connectivity index (χ4n) is 3.62. The van der Waals surface area contributed by atoms with E-state index >= 15 is 0 Å². The number of hydrogen-bond acceptors (Lipinski definition) is 5. The van der Waals surface area contributed by atoms with Gasteiger partial charge in [0.2, 0.25) is 6.43 Å². The summed E-state index contributed by atoms with van der Waals surface area (Å²) in [4.78, 5) is 20.6. The standard InChI is InChI=1S/C20H17F5N4O2/c1-8-15-12(6-29(20(8)31)13-5-11(13)17(24)25)18(27-7-26-15)28-19(30)10-4-2-3-9(14(10)21)16(22)23/h2-4,6-7,11,13,16-17,19,30H,5H2,1H3,(H,26,27,28)/t11-,13-,19-/m1/s1. The van der Waals surface area contributed by atoms with Crippen LogP contribution in [0.15, 0.2) is 35.5 Å². The van der Waals surface area contributed by atoms with E-state index in [0.29, 0.717) is 0 Å². The highest BCUT2D eigenvalue weighted by molar-refractivity contribution is 5.90. The van der Waals surface area contributed by atoms with Gasteiger partial charge in [-0.2, -0.15) is 0 Å². The maximum Gasteiger partial charge on any atom is 0.266 e. The average molecular weight is 440 g/mol. The molecule has 1 aliphatic rings. The monoisotopic (exact) mass is 440 g/mol. The summed E-state index contributed by atoms with van der Waals surface area (Å²) in [6, 6.07) is 2.56. The number of aryl methyl sites for hydroxylation is 1. The zero-order chi connectivity index (χ0) is 22.4. The molecule has 0 amide bonds. The molecule has 3 aromatic rings. The van der Waals surface area contributed by atoms with Gasteiger partial charge < -0.3 is 15.0 Å². The van der Waals surface area contributed by atoms with Gasteiger partial charge in [0.25, 0.3) is 12.0 Å². The van der Waals surface area contributed by atoms with Crippen molar-refractivity contribution in [2.24, 2.45) is 5.92 Å². The number of halogens is 5. The second-order valence-electron chi connectivity index (χ2n) is 7.35. The van der Waals surface area contributed by atoms with E-state index in [1.54, 1.807) is 0 Å². The summed E-state index contributed by atoms with van der Waals surface area (Å²) in [6.45, 7) is 1.49. The third-order valence-corrected chi connectivity index (χ3v) is 5.41. The predicted molar refractivity (Wildman–Crippen MR) is 102 cm³/mol. The summed E-state index contributed by atoms with van der Waals surface area (Å²) < 4.78 is 67.5. The van der Waals surface area contributed by atoms with E-state index in [1.165, 1.54) is 23.8 Å². The third kappa shape index (κ3) is 3.73. The van der Waals surface area contributed by atoms with Crippen molar-refractivity contribution in [3.8, 4) is 0 Å². The van der Waals surface area contributed by atoms with E-state index in [0.717, 1.165) is 18.5 Å². The Morgan fingerprint density at radius 3 is 2.55 bits per heavy atom. The Balaban J connectivity index is 1.74. The molecular formula is C20H17F5N4O2. The minimum Gasteiger partial charge on any atom is -0.369 e. The Morgan fingerprint density at radius 2 is 1.90 bits per heavy atom. The highest BCUT2D eigenvalue weighted by Gasteiger charge is 2.46. The molecule has 0 radical (unpaired) electrons. The maximum atomic E-state index is 14.4. The smallest absolute Gasteiger partial charge is 0.266 e.